The standard InChI is InChI=1S/C9H17NO/c1-10(2)7-8-4-3-5-9(11)6-8/h8H,3-7H2,1-2H3. The molecular weight excluding hydrogens is 138 g/mol. The molecule has 1 aliphatic carbocycles. The Morgan fingerprint density at radius 3 is 2.82 bits per heavy atom. The molecule has 1 saturated carbocycles. The Labute approximate surface area is 68.6 Å². The van der Waals surface area contributed by atoms with Crippen molar-refractivity contribution in [3.8, 4) is 0 Å². The fourth-order valence-electron chi connectivity index (χ4n) is 1.79. The molecule has 0 aromatic rings. The van der Waals surface area contributed by atoms with Crippen molar-refractivity contribution in [2.75, 3.05) is 20.6 Å². The Kier molecular flexibility index (Phi) is 3.06. The summed E-state index contributed by atoms with van der Waals surface area (Å²) in [5, 5.41) is 0. The lowest BCUT2D eigenvalue weighted by molar-refractivity contribution is -0.121. The summed E-state index contributed by atoms with van der Waals surface area (Å²) < 4.78 is 0. The minimum Gasteiger partial charge on any atom is -0.309 e. The van der Waals surface area contributed by atoms with Crippen LogP contribution in [0.3, 0.4) is 0 Å². The van der Waals surface area contributed by atoms with Crippen molar-refractivity contribution in [1.82, 2.24) is 4.90 Å². The fourth-order valence-corrected chi connectivity index (χ4v) is 1.79. The number of carbonyl (C=O) groups excluding carboxylic acids is 1. The molecule has 64 valence electrons. The third-order valence-corrected chi connectivity index (χ3v) is 2.21. The summed E-state index contributed by atoms with van der Waals surface area (Å²) in [6, 6.07) is 0. The van der Waals surface area contributed by atoms with Gasteiger partial charge in [0.05, 0.1) is 0 Å². The van der Waals surface area contributed by atoms with Gasteiger partial charge in [-0.1, -0.05) is 0 Å². The SMILES string of the molecule is CN(C)CC1CCCC(=O)C1. The van der Waals surface area contributed by atoms with Crippen molar-refractivity contribution < 1.29 is 4.79 Å². The van der Waals surface area contributed by atoms with Crippen LogP contribution < -0.4 is 0 Å². The van der Waals surface area contributed by atoms with Crippen LogP contribution in [0.15, 0.2) is 0 Å². The minimum atomic E-state index is 0.461. The van der Waals surface area contributed by atoms with Gasteiger partial charge in [0.1, 0.15) is 5.78 Å². The van der Waals surface area contributed by atoms with Crippen LogP contribution in [0.2, 0.25) is 0 Å². The Morgan fingerprint density at radius 2 is 2.27 bits per heavy atom. The van der Waals surface area contributed by atoms with Crippen molar-refractivity contribution in [3.05, 3.63) is 0 Å². The molecule has 2 heteroatoms. The molecule has 0 saturated heterocycles. The number of hydrogen-bond donors (Lipinski definition) is 0. The van der Waals surface area contributed by atoms with Crippen LogP contribution >= 0.6 is 0 Å². The average molecular weight is 155 g/mol. The molecule has 1 rings (SSSR count). The second-order valence-corrected chi connectivity index (χ2v) is 3.76. The lowest BCUT2D eigenvalue weighted by Crippen LogP contribution is -2.26. The van der Waals surface area contributed by atoms with Gasteiger partial charge in [-0.3, -0.25) is 4.79 Å². The number of hydrogen-bond acceptors (Lipinski definition) is 2. The molecule has 0 bridgehead atoms. The summed E-state index contributed by atoms with van der Waals surface area (Å²) >= 11 is 0. The Hall–Kier alpha value is -0.370. The minimum absolute atomic E-state index is 0.461. The normalized spacial score (nSPS) is 26.1. The maximum Gasteiger partial charge on any atom is 0.133 e. The number of nitrogens with zero attached hydrogens (tertiary/aromatic N) is 1. The largest absolute Gasteiger partial charge is 0.309 e. The van der Waals surface area contributed by atoms with E-state index in [0.29, 0.717) is 11.7 Å². The molecule has 1 unspecified atom stereocenters. The number of Topliss-reactive ketones (excluding diaryl/α,β-unsaturated/α-hetero) is 1. The molecule has 0 heterocycles. The molecule has 0 radical (unpaired) electrons. The maximum absolute atomic E-state index is 11.0. The highest BCUT2D eigenvalue weighted by atomic mass is 16.1. The molecule has 0 spiro atoms. The van der Waals surface area contributed by atoms with Crippen LogP contribution in [-0.2, 0) is 4.79 Å². The van der Waals surface area contributed by atoms with Crippen molar-refractivity contribution >= 4 is 5.78 Å². The van der Waals surface area contributed by atoms with E-state index < -0.39 is 0 Å². The highest BCUT2D eigenvalue weighted by Gasteiger charge is 2.19. The van der Waals surface area contributed by atoms with Crippen LogP contribution in [-0.4, -0.2) is 31.3 Å². The highest BCUT2D eigenvalue weighted by molar-refractivity contribution is 5.79. The van der Waals surface area contributed by atoms with Gasteiger partial charge in [-0.05, 0) is 32.9 Å². The molecule has 2 nitrogen and oxygen atoms in total. The Morgan fingerprint density at radius 1 is 1.55 bits per heavy atom. The molecule has 1 atom stereocenters. The second kappa shape index (κ2) is 3.86. The van der Waals surface area contributed by atoms with Gasteiger partial charge >= 0.3 is 0 Å². The topological polar surface area (TPSA) is 20.3 Å². The van der Waals surface area contributed by atoms with Gasteiger partial charge in [0.25, 0.3) is 0 Å². The van der Waals surface area contributed by atoms with Gasteiger partial charge in [0, 0.05) is 19.4 Å². The van der Waals surface area contributed by atoms with Crippen LogP contribution in [0.1, 0.15) is 25.7 Å². The third kappa shape index (κ3) is 3.02. The lowest BCUT2D eigenvalue weighted by Gasteiger charge is -2.23. The van der Waals surface area contributed by atoms with Crippen LogP contribution in [0.4, 0.5) is 0 Å². The van der Waals surface area contributed by atoms with E-state index in [-0.39, 0.29) is 0 Å². The molecule has 0 N–H and O–H groups in total. The van der Waals surface area contributed by atoms with Gasteiger partial charge in [-0.15, -0.1) is 0 Å². The number of carbonyl (C=O) groups is 1. The molecule has 0 amide bonds. The van der Waals surface area contributed by atoms with E-state index >= 15 is 0 Å². The van der Waals surface area contributed by atoms with Crippen LogP contribution in [0.25, 0.3) is 0 Å². The van der Waals surface area contributed by atoms with Crippen LogP contribution in [0.5, 0.6) is 0 Å². The molecule has 0 aliphatic heterocycles. The summed E-state index contributed by atoms with van der Waals surface area (Å²) in [7, 11) is 4.14. The maximum atomic E-state index is 11.0. The smallest absolute Gasteiger partial charge is 0.133 e. The van der Waals surface area contributed by atoms with Crippen molar-refractivity contribution in [2.45, 2.75) is 25.7 Å². The molecule has 0 aromatic carbocycles. The van der Waals surface area contributed by atoms with E-state index in [1.165, 1.54) is 6.42 Å². The summed E-state index contributed by atoms with van der Waals surface area (Å²) in [4.78, 5) is 13.2. The zero-order valence-corrected chi connectivity index (χ0v) is 7.47. The first-order chi connectivity index (χ1) is 5.18. The van der Waals surface area contributed by atoms with Crippen molar-refractivity contribution in [1.29, 1.82) is 0 Å². The van der Waals surface area contributed by atoms with Crippen molar-refractivity contribution in [3.63, 3.8) is 0 Å². The van der Waals surface area contributed by atoms with Gasteiger partial charge in [-0.25, -0.2) is 0 Å². The average Bonchev–Trinajstić information content (AvgIpc) is 1.85. The van der Waals surface area contributed by atoms with Crippen LogP contribution in [0, 0.1) is 5.92 Å². The first-order valence-electron chi connectivity index (χ1n) is 4.35. The first-order valence-corrected chi connectivity index (χ1v) is 4.35. The van der Waals surface area contributed by atoms with Gasteiger partial charge < -0.3 is 4.90 Å². The molecular formula is C9H17NO. The van der Waals surface area contributed by atoms with Crippen molar-refractivity contribution in [2.24, 2.45) is 5.92 Å². The quantitative estimate of drug-likeness (QED) is 0.599. The van der Waals surface area contributed by atoms with E-state index in [9.17, 15) is 4.79 Å². The van der Waals surface area contributed by atoms with Gasteiger partial charge in [0.2, 0.25) is 0 Å². The number of ketones is 1. The molecule has 1 aliphatic rings. The second-order valence-electron chi connectivity index (χ2n) is 3.76. The molecule has 11 heavy (non-hydrogen) atoms. The lowest BCUT2D eigenvalue weighted by atomic mass is 9.88. The monoisotopic (exact) mass is 155 g/mol. The zero-order valence-electron chi connectivity index (χ0n) is 7.47. The molecule has 0 aromatic heterocycles. The fraction of sp³-hybridized carbons (Fsp3) is 0.889. The third-order valence-electron chi connectivity index (χ3n) is 2.21. The van der Waals surface area contributed by atoms with Gasteiger partial charge in [0.15, 0.2) is 0 Å². The summed E-state index contributed by atoms with van der Waals surface area (Å²) in [6.45, 7) is 1.08. The Bertz CT molecular complexity index is 142. The van der Waals surface area contributed by atoms with E-state index in [1.807, 2.05) is 0 Å². The van der Waals surface area contributed by atoms with E-state index in [0.717, 1.165) is 25.8 Å². The summed E-state index contributed by atoms with van der Waals surface area (Å²) in [5.41, 5.74) is 0. The summed E-state index contributed by atoms with van der Waals surface area (Å²) in [6.07, 6.45) is 3.99. The highest BCUT2D eigenvalue weighted by Crippen LogP contribution is 2.21. The predicted octanol–water partition coefficient (Wildman–Crippen LogP) is 1.31. The van der Waals surface area contributed by atoms with E-state index in [4.69, 9.17) is 0 Å². The van der Waals surface area contributed by atoms with E-state index in [2.05, 4.69) is 19.0 Å². The predicted molar refractivity (Wildman–Crippen MR) is 45.5 cm³/mol. The zero-order chi connectivity index (χ0) is 8.27. The Balaban J connectivity index is 2.28. The first kappa shape index (κ1) is 8.72. The molecule has 1 fully saturated rings. The van der Waals surface area contributed by atoms with E-state index in [1.54, 1.807) is 0 Å². The number of rotatable bonds is 2. The van der Waals surface area contributed by atoms with Gasteiger partial charge in [-0.2, -0.15) is 0 Å². The summed E-state index contributed by atoms with van der Waals surface area (Å²) in [5.74, 6) is 1.09.